The first-order chi connectivity index (χ1) is 37.7. The molecule has 2 nitrogen and oxygen atoms in total. The molecule has 16 rings (SSSR count). The van der Waals surface area contributed by atoms with E-state index in [9.17, 15) is 0 Å². The average molecular weight is 1020 g/mol. The lowest BCUT2D eigenvalue weighted by atomic mass is 9.67. The first-order valence-electron chi connectivity index (χ1n) is 25.9. The van der Waals surface area contributed by atoms with E-state index in [0.717, 1.165) is 34.1 Å². The number of anilines is 6. The fourth-order valence-corrected chi connectivity index (χ4v) is 16.2. The Hall–Kier alpha value is -8.84. The lowest BCUT2D eigenvalue weighted by Gasteiger charge is -2.36. The summed E-state index contributed by atoms with van der Waals surface area (Å²) in [7, 11) is 0. The van der Waals surface area contributed by atoms with Crippen molar-refractivity contribution >= 4 is 139 Å². The summed E-state index contributed by atoms with van der Waals surface area (Å²) in [4.78, 5) is 5.02. The van der Waals surface area contributed by atoms with Gasteiger partial charge in [-0.05, 0) is 141 Å². The Morgan fingerprint density at radius 3 is 1.16 bits per heavy atom. The largest absolute Gasteiger partial charge is 0.309 e. The van der Waals surface area contributed by atoms with Crippen LogP contribution in [0.15, 0.2) is 267 Å². The number of para-hydroxylation sites is 4. The van der Waals surface area contributed by atoms with Crippen LogP contribution in [-0.4, -0.2) is 0 Å². The van der Waals surface area contributed by atoms with Gasteiger partial charge < -0.3 is 9.80 Å². The quantitative estimate of drug-likeness (QED) is 0.150. The number of fused-ring (bicyclic) bond motifs is 15. The van der Waals surface area contributed by atoms with Crippen molar-refractivity contribution in [2.75, 3.05) is 9.80 Å². The SMILES string of the molecule is c1ccc(N(c2ccccc2)c2cc3c(c4c2sc2ccccc24)-c2c(cc(N(c4ccccc4)c4ccccc4)c4sc5ccccc5c24)C3(c2ccc3ccccc3c2)c2ccc3sc4ccccc4c3c2)cc1. The maximum Gasteiger partial charge on any atom is 0.0716 e. The Morgan fingerprint density at radius 2 is 0.658 bits per heavy atom. The third-order valence-corrected chi connectivity index (χ3v) is 19.4. The molecule has 0 unspecified atom stereocenters. The molecule has 0 bridgehead atoms. The predicted octanol–water partition coefficient (Wildman–Crippen LogP) is 21.2. The van der Waals surface area contributed by atoms with Crippen LogP contribution in [0.5, 0.6) is 0 Å². The second-order valence-corrected chi connectivity index (χ2v) is 23.1. The second kappa shape index (κ2) is 17.1. The normalized spacial score (nSPS) is 12.8. The molecule has 0 atom stereocenters. The van der Waals surface area contributed by atoms with E-state index in [1.165, 1.54) is 105 Å². The fraction of sp³-hybridized carbons (Fsp3) is 0.0141. The summed E-state index contributed by atoms with van der Waals surface area (Å²) < 4.78 is 7.65. The Kier molecular flexibility index (Phi) is 9.80. The molecular weight excluding hydrogens is 977 g/mol. The standard InChI is InChI=1S/C71H44N2S3/c1-5-23-49(24-6-1)72(50-25-7-2-8-26-50)59-43-57-67(65-54-32-16-19-35-62(54)75-69(59)65)68-58(44-60(70-66(68)55-33-17-20-36-63(55)76-70)73(51-27-9-3-10-28-51)52-29-11-4-12-30-52)71(57,47-38-37-45-21-13-14-22-46(45)41-47)48-39-40-64-56(42-48)53-31-15-18-34-61(53)74-64/h1-44H. The van der Waals surface area contributed by atoms with Crippen molar-refractivity contribution in [2.24, 2.45) is 0 Å². The molecule has 3 heterocycles. The average Bonchev–Trinajstić information content (AvgIpc) is 4.38. The van der Waals surface area contributed by atoms with Crippen LogP contribution < -0.4 is 9.80 Å². The molecule has 356 valence electrons. The lowest BCUT2D eigenvalue weighted by Crippen LogP contribution is -2.29. The third kappa shape index (κ3) is 6.37. The summed E-state index contributed by atoms with van der Waals surface area (Å²) in [6.45, 7) is 0. The highest BCUT2D eigenvalue weighted by Crippen LogP contribution is 2.66. The van der Waals surface area contributed by atoms with Gasteiger partial charge in [0, 0.05) is 73.9 Å². The van der Waals surface area contributed by atoms with Crippen molar-refractivity contribution in [3.8, 4) is 11.1 Å². The molecule has 0 N–H and O–H groups in total. The molecule has 0 amide bonds. The third-order valence-electron chi connectivity index (χ3n) is 15.8. The van der Waals surface area contributed by atoms with E-state index < -0.39 is 5.41 Å². The Labute approximate surface area is 451 Å². The van der Waals surface area contributed by atoms with Gasteiger partial charge in [0.05, 0.1) is 26.2 Å². The van der Waals surface area contributed by atoms with Gasteiger partial charge in [-0.3, -0.25) is 0 Å². The molecule has 0 saturated carbocycles. The zero-order chi connectivity index (χ0) is 49.9. The molecule has 0 spiro atoms. The number of thiophene rings is 3. The van der Waals surface area contributed by atoms with E-state index >= 15 is 0 Å². The van der Waals surface area contributed by atoms with Crippen LogP contribution in [0.2, 0.25) is 0 Å². The van der Waals surface area contributed by atoms with Crippen LogP contribution >= 0.6 is 34.0 Å². The van der Waals surface area contributed by atoms with E-state index in [0.29, 0.717) is 0 Å². The first kappa shape index (κ1) is 43.5. The smallest absolute Gasteiger partial charge is 0.0716 e. The highest BCUT2D eigenvalue weighted by molar-refractivity contribution is 7.27. The van der Waals surface area contributed by atoms with Gasteiger partial charge in [0.25, 0.3) is 0 Å². The molecule has 0 aliphatic heterocycles. The number of rotatable bonds is 8. The first-order valence-corrected chi connectivity index (χ1v) is 28.3. The zero-order valence-corrected chi connectivity index (χ0v) is 43.5. The summed E-state index contributed by atoms with van der Waals surface area (Å²) in [6, 6.07) is 100. The molecule has 0 fully saturated rings. The molecule has 1 aliphatic rings. The van der Waals surface area contributed by atoms with Crippen molar-refractivity contribution in [3.63, 3.8) is 0 Å². The van der Waals surface area contributed by atoms with Crippen molar-refractivity contribution < 1.29 is 0 Å². The molecule has 12 aromatic carbocycles. The molecule has 5 heteroatoms. The number of hydrogen-bond acceptors (Lipinski definition) is 5. The molecule has 1 aliphatic carbocycles. The topological polar surface area (TPSA) is 6.48 Å². The van der Waals surface area contributed by atoms with E-state index in [4.69, 9.17) is 0 Å². The number of benzene rings is 12. The molecule has 3 aromatic heterocycles. The van der Waals surface area contributed by atoms with Gasteiger partial charge in [-0.1, -0.05) is 170 Å². The lowest BCUT2D eigenvalue weighted by molar-refractivity contribution is 0.773. The van der Waals surface area contributed by atoms with Crippen molar-refractivity contribution in [3.05, 3.63) is 289 Å². The Balaban J connectivity index is 1.17. The molecule has 76 heavy (non-hydrogen) atoms. The molecule has 0 saturated heterocycles. The fourth-order valence-electron chi connectivity index (χ4n) is 12.7. The summed E-state index contributed by atoms with van der Waals surface area (Å²) in [6.07, 6.45) is 0. The number of hydrogen-bond donors (Lipinski definition) is 0. The van der Waals surface area contributed by atoms with Crippen molar-refractivity contribution in [2.45, 2.75) is 5.41 Å². The van der Waals surface area contributed by atoms with Crippen LogP contribution in [0.1, 0.15) is 22.3 Å². The highest BCUT2D eigenvalue weighted by atomic mass is 32.1. The van der Waals surface area contributed by atoms with Gasteiger partial charge >= 0.3 is 0 Å². The summed E-state index contributed by atoms with van der Waals surface area (Å²) in [5.74, 6) is 0. The minimum Gasteiger partial charge on any atom is -0.309 e. The van der Waals surface area contributed by atoms with Crippen LogP contribution in [0.3, 0.4) is 0 Å². The van der Waals surface area contributed by atoms with Gasteiger partial charge in [0.1, 0.15) is 0 Å². The van der Waals surface area contributed by atoms with Crippen LogP contribution in [-0.2, 0) is 5.41 Å². The van der Waals surface area contributed by atoms with Gasteiger partial charge in [-0.25, -0.2) is 0 Å². The van der Waals surface area contributed by atoms with Gasteiger partial charge in [-0.2, -0.15) is 0 Å². The Bertz CT molecular complexity index is 4480. The number of nitrogens with zero attached hydrogens (tertiary/aromatic N) is 2. The predicted molar refractivity (Wildman–Crippen MR) is 329 cm³/mol. The van der Waals surface area contributed by atoms with E-state index in [2.05, 4.69) is 277 Å². The van der Waals surface area contributed by atoms with Gasteiger partial charge in [0.2, 0.25) is 0 Å². The van der Waals surface area contributed by atoms with Crippen LogP contribution in [0, 0.1) is 0 Å². The van der Waals surface area contributed by atoms with Crippen LogP contribution in [0.25, 0.3) is 82.4 Å². The van der Waals surface area contributed by atoms with Crippen molar-refractivity contribution in [1.29, 1.82) is 0 Å². The Morgan fingerprint density at radius 1 is 0.276 bits per heavy atom. The van der Waals surface area contributed by atoms with Crippen molar-refractivity contribution in [1.82, 2.24) is 0 Å². The minimum atomic E-state index is -0.845. The molecule has 15 aromatic rings. The summed E-state index contributed by atoms with van der Waals surface area (Å²) in [5.41, 5.74) is 13.6. The maximum atomic E-state index is 2.62. The molecule has 0 radical (unpaired) electrons. The summed E-state index contributed by atoms with van der Waals surface area (Å²) >= 11 is 5.71. The van der Waals surface area contributed by atoms with E-state index in [1.807, 2.05) is 34.0 Å². The van der Waals surface area contributed by atoms with E-state index in [1.54, 1.807) is 0 Å². The van der Waals surface area contributed by atoms with Crippen LogP contribution in [0.4, 0.5) is 34.1 Å². The highest BCUT2D eigenvalue weighted by Gasteiger charge is 2.50. The minimum absolute atomic E-state index is 0.845. The zero-order valence-electron chi connectivity index (χ0n) is 41.0. The maximum absolute atomic E-state index is 2.62. The van der Waals surface area contributed by atoms with E-state index in [-0.39, 0.29) is 0 Å². The van der Waals surface area contributed by atoms with Gasteiger partial charge in [0.15, 0.2) is 0 Å². The second-order valence-electron chi connectivity index (χ2n) is 19.9. The molecular formula is C71H44N2S3. The van der Waals surface area contributed by atoms with Gasteiger partial charge in [-0.15, -0.1) is 34.0 Å². The summed E-state index contributed by atoms with van der Waals surface area (Å²) in [5, 5.41) is 10.1. The monoisotopic (exact) mass is 1020 g/mol.